The number of piperidine rings is 1. The first-order chi connectivity index (χ1) is 12.1. The topological polar surface area (TPSA) is 58.5 Å². The van der Waals surface area contributed by atoms with Crippen LogP contribution >= 0.6 is 0 Å². The van der Waals surface area contributed by atoms with Crippen molar-refractivity contribution in [1.29, 1.82) is 0 Å². The summed E-state index contributed by atoms with van der Waals surface area (Å²) in [6.07, 6.45) is 4.91. The first-order valence-corrected chi connectivity index (χ1v) is 8.56. The van der Waals surface area contributed by atoms with Crippen LogP contribution in [-0.4, -0.2) is 17.6 Å². The van der Waals surface area contributed by atoms with Crippen LogP contribution in [0, 0.1) is 0 Å². The molecular formula is C19H26F2N4. The van der Waals surface area contributed by atoms with Crippen molar-refractivity contribution in [3.8, 4) is 0 Å². The molecule has 2 aromatic rings. The molecule has 6 heteroatoms. The predicted octanol–water partition coefficient (Wildman–Crippen LogP) is 3.68. The number of anilines is 1. The van der Waals surface area contributed by atoms with E-state index in [9.17, 15) is 8.96 Å². The van der Waals surface area contributed by atoms with E-state index in [0.29, 0.717) is 12.6 Å². The summed E-state index contributed by atoms with van der Waals surface area (Å²) >= 11 is 0. The van der Waals surface area contributed by atoms with Gasteiger partial charge in [0, 0.05) is 19.1 Å². The van der Waals surface area contributed by atoms with Gasteiger partial charge in [-0.3, -0.25) is 5.84 Å². The van der Waals surface area contributed by atoms with Gasteiger partial charge in [0.25, 0.3) is 0 Å². The van der Waals surface area contributed by atoms with E-state index in [1.54, 1.807) is 12.1 Å². The third kappa shape index (κ3) is 6.42. The molecule has 0 spiro atoms. The first-order valence-electron chi connectivity index (χ1n) is 8.56. The molecule has 0 amide bonds. The van der Waals surface area contributed by atoms with Crippen LogP contribution in [0.4, 0.5) is 14.6 Å². The number of halogens is 2. The molecule has 25 heavy (non-hydrogen) atoms. The largest absolute Gasteiger partial charge is 0.326 e. The summed E-state index contributed by atoms with van der Waals surface area (Å²) in [6, 6.07) is 17.0. The number of nitrogens with zero attached hydrogens (tertiary/aromatic N) is 2. The van der Waals surface area contributed by atoms with Crippen molar-refractivity contribution < 1.29 is 8.96 Å². The minimum Gasteiger partial charge on any atom is -0.326 e. The number of nitrogens with two attached hydrogens (primary N) is 2. The Morgan fingerprint density at radius 2 is 1.64 bits per heavy atom. The van der Waals surface area contributed by atoms with E-state index in [4.69, 9.17) is 11.6 Å². The van der Waals surface area contributed by atoms with Crippen molar-refractivity contribution in [2.45, 2.75) is 38.3 Å². The Kier molecular flexibility index (Phi) is 7.78. The molecule has 0 saturated carbocycles. The van der Waals surface area contributed by atoms with Gasteiger partial charge < -0.3 is 5.73 Å². The van der Waals surface area contributed by atoms with Crippen LogP contribution in [0.15, 0.2) is 54.6 Å². The van der Waals surface area contributed by atoms with Crippen molar-refractivity contribution in [3.63, 3.8) is 0 Å². The Bertz CT molecular complexity index is 605. The Labute approximate surface area is 147 Å². The minimum absolute atomic E-state index is 0.123. The highest BCUT2D eigenvalue weighted by Crippen LogP contribution is 2.17. The van der Waals surface area contributed by atoms with Gasteiger partial charge in [-0.1, -0.05) is 57.8 Å². The molecule has 136 valence electrons. The van der Waals surface area contributed by atoms with Crippen LogP contribution in [-0.2, 0) is 13.0 Å². The molecule has 4 nitrogen and oxygen atoms in total. The normalized spacial score (nSPS) is 17.5. The number of hydrazine groups is 1. The molecule has 1 saturated heterocycles. The SMILES string of the molecule is NCc1ccc(N(F)F)cc1.NN1CCCCC1Cc1ccccc1. The zero-order valence-electron chi connectivity index (χ0n) is 14.3. The van der Waals surface area contributed by atoms with Crippen LogP contribution < -0.4 is 16.9 Å². The average Bonchev–Trinajstić information content (AvgIpc) is 2.65. The van der Waals surface area contributed by atoms with E-state index in [-0.39, 0.29) is 5.69 Å². The molecule has 0 aliphatic carbocycles. The van der Waals surface area contributed by atoms with Crippen LogP contribution in [0.5, 0.6) is 0 Å². The fraction of sp³-hybridized carbons (Fsp3) is 0.368. The monoisotopic (exact) mass is 348 g/mol. The molecule has 1 heterocycles. The number of benzene rings is 2. The third-order valence-corrected chi connectivity index (χ3v) is 4.35. The zero-order valence-corrected chi connectivity index (χ0v) is 14.3. The number of rotatable bonds is 4. The second-order valence-electron chi connectivity index (χ2n) is 6.18. The van der Waals surface area contributed by atoms with Gasteiger partial charge in [0.05, 0.1) is 0 Å². The van der Waals surface area contributed by atoms with Crippen LogP contribution in [0.25, 0.3) is 0 Å². The Balaban J connectivity index is 0.000000186. The summed E-state index contributed by atoms with van der Waals surface area (Å²) in [5.41, 5.74) is 7.39. The van der Waals surface area contributed by atoms with Crippen molar-refractivity contribution in [2.24, 2.45) is 11.6 Å². The standard InChI is InChI=1S/C12H18N2.C7H8F2N2/c13-14-9-5-4-8-12(14)10-11-6-2-1-3-7-11;8-11(9)7-3-1-6(5-10)2-4-7/h1-3,6-7,12H,4-5,8-10,13H2;1-4H,5,10H2. The highest BCUT2D eigenvalue weighted by atomic mass is 19.4. The summed E-state index contributed by atoms with van der Waals surface area (Å²) in [6.45, 7) is 1.43. The van der Waals surface area contributed by atoms with Crippen molar-refractivity contribution >= 4 is 5.69 Å². The van der Waals surface area contributed by atoms with E-state index >= 15 is 0 Å². The molecule has 1 aliphatic rings. The molecule has 0 bridgehead atoms. The fourth-order valence-electron chi connectivity index (χ4n) is 2.87. The predicted molar refractivity (Wildman–Crippen MR) is 97.7 cm³/mol. The summed E-state index contributed by atoms with van der Waals surface area (Å²) in [7, 11) is 0. The van der Waals surface area contributed by atoms with Gasteiger partial charge >= 0.3 is 0 Å². The maximum Gasteiger partial charge on any atom is 0.105 e. The third-order valence-electron chi connectivity index (χ3n) is 4.35. The molecule has 0 radical (unpaired) electrons. The van der Waals surface area contributed by atoms with E-state index < -0.39 is 5.34 Å². The lowest BCUT2D eigenvalue weighted by molar-refractivity contribution is 0.150. The van der Waals surface area contributed by atoms with Gasteiger partial charge in [-0.15, -0.1) is 0 Å². The van der Waals surface area contributed by atoms with E-state index in [2.05, 4.69) is 30.3 Å². The molecule has 1 fully saturated rings. The molecule has 1 unspecified atom stereocenters. The van der Waals surface area contributed by atoms with Crippen LogP contribution in [0.3, 0.4) is 0 Å². The molecular weight excluding hydrogens is 322 g/mol. The lowest BCUT2D eigenvalue weighted by atomic mass is 9.97. The van der Waals surface area contributed by atoms with E-state index in [0.717, 1.165) is 18.5 Å². The smallest absolute Gasteiger partial charge is 0.105 e. The second kappa shape index (κ2) is 10.1. The molecule has 1 aliphatic heterocycles. The number of hydrogen-bond acceptors (Lipinski definition) is 4. The van der Waals surface area contributed by atoms with Gasteiger partial charge in [0.15, 0.2) is 0 Å². The molecule has 4 N–H and O–H groups in total. The van der Waals surface area contributed by atoms with Gasteiger partial charge in [-0.2, -0.15) is 0 Å². The van der Waals surface area contributed by atoms with E-state index in [1.165, 1.54) is 37.0 Å². The zero-order chi connectivity index (χ0) is 18.1. The van der Waals surface area contributed by atoms with Gasteiger partial charge in [-0.25, -0.2) is 5.01 Å². The average molecular weight is 348 g/mol. The summed E-state index contributed by atoms with van der Waals surface area (Å²) in [4.78, 5) is 0. The summed E-state index contributed by atoms with van der Waals surface area (Å²) in [5.74, 6) is 5.96. The van der Waals surface area contributed by atoms with Gasteiger partial charge in [-0.05, 0) is 47.9 Å². The van der Waals surface area contributed by atoms with Crippen LogP contribution in [0.2, 0.25) is 0 Å². The Hall–Kier alpha value is -2.02. The highest BCUT2D eigenvalue weighted by molar-refractivity contribution is 5.42. The van der Waals surface area contributed by atoms with Crippen LogP contribution in [0.1, 0.15) is 30.4 Å². The van der Waals surface area contributed by atoms with E-state index in [1.807, 2.05) is 5.01 Å². The van der Waals surface area contributed by atoms with Gasteiger partial charge in [0.2, 0.25) is 0 Å². The summed E-state index contributed by atoms with van der Waals surface area (Å²) in [5, 5.41) is 1.08. The lowest BCUT2D eigenvalue weighted by Gasteiger charge is -2.31. The Morgan fingerprint density at radius 1 is 0.960 bits per heavy atom. The number of hydrogen-bond donors (Lipinski definition) is 2. The molecule has 2 aromatic carbocycles. The maximum absolute atomic E-state index is 11.8. The van der Waals surface area contributed by atoms with Crippen molar-refractivity contribution in [3.05, 3.63) is 65.7 Å². The molecule has 1 atom stereocenters. The minimum atomic E-state index is -0.930. The second-order valence-corrected chi connectivity index (χ2v) is 6.18. The quantitative estimate of drug-likeness (QED) is 0.654. The lowest BCUT2D eigenvalue weighted by Crippen LogP contribution is -2.45. The summed E-state index contributed by atoms with van der Waals surface area (Å²) < 4.78 is 23.6. The Morgan fingerprint density at radius 3 is 2.20 bits per heavy atom. The fourth-order valence-corrected chi connectivity index (χ4v) is 2.87. The highest BCUT2D eigenvalue weighted by Gasteiger charge is 2.19. The first kappa shape index (κ1) is 19.3. The molecule has 3 rings (SSSR count). The van der Waals surface area contributed by atoms with Crippen molar-refractivity contribution in [1.82, 2.24) is 5.01 Å². The van der Waals surface area contributed by atoms with Gasteiger partial charge in [0.1, 0.15) is 5.69 Å². The molecule has 0 aromatic heterocycles. The maximum atomic E-state index is 11.8. The van der Waals surface area contributed by atoms with Crippen molar-refractivity contribution in [2.75, 3.05) is 11.9 Å².